The van der Waals surface area contributed by atoms with E-state index >= 15 is 0 Å². The number of carbonyl (C=O) groups excluding carboxylic acids is 1. The van der Waals surface area contributed by atoms with Crippen LogP contribution >= 0.6 is 0 Å². The van der Waals surface area contributed by atoms with E-state index in [-0.39, 0.29) is 23.2 Å². The van der Waals surface area contributed by atoms with Crippen molar-refractivity contribution < 1.29 is 18.0 Å². The number of anilines is 4. The van der Waals surface area contributed by atoms with Crippen molar-refractivity contribution in [2.45, 2.75) is 13.1 Å². The van der Waals surface area contributed by atoms with Crippen molar-refractivity contribution in [3.8, 4) is 0 Å². The minimum absolute atomic E-state index is 0.0855. The van der Waals surface area contributed by atoms with Crippen molar-refractivity contribution in [2.75, 3.05) is 10.6 Å². The lowest BCUT2D eigenvalue weighted by atomic mass is 10.1. The zero-order valence-corrected chi connectivity index (χ0v) is 14.1. The predicted octanol–water partition coefficient (Wildman–Crippen LogP) is 4.58. The number of nitrogens with one attached hydrogen (secondary N) is 2. The first-order valence-electron chi connectivity index (χ1n) is 7.83. The van der Waals surface area contributed by atoms with Gasteiger partial charge in [-0.3, -0.25) is 4.79 Å². The maximum absolute atomic E-state index is 12.8. The standard InChI is InChI=1S/C18H14F3N5O/c1-11(27)12-4-2-6-14(8-12)24-17-25-16(10-22-26-17)23-15-7-3-5-13(9-15)18(19,20)21/h2-10H,1H3,(H2,23,24,25,26). The van der Waals surface area contributed by atoms with Gasteiger partial charge in [0.05, 0.1) is 11.8 Å². The number of nitrogens with zero attached hydrogens (tertiary/aromatic N) is 3. The van der Waals surface area contributed by atoms with Crippen molar-refractivity contribution in [3.05, 3.63) is 65.9 Å². The lowest BCUT2D eigenvalue weighted by molar-refractivity contribution is -0.137. The Labute approximate surface area is 152 Å². The van der Waals surface area contributed by atoms with Crippen LogP contribution in [0.15, 0.2) is 54.7 Å². The van der Waals surface area contributed by atoms with E-state index in [1.807, 2.05) is 0 Å². The van der Waals surface area contributed by atoms with Crippen LogP contribution in [0.4, 0.5) is 36.3 Å². The molecule has 9 heteroatoms. The van der Waals surface area contributed by atoms with Crippen LogP contribution in [0.3, 0.4) is 0 Å². The van der Waals surface area contributed by atoms with E-state index in [0.29, 0.717) is 11.3 Å². The Morgan fingerprint density at radius 2 is 1.70 bits per heavy atom. The van der Waals surface area contributed by atoms with Crippen LogP contribution < -0.4 is 10.6 Å². The smallest absolute Gasteiger partial charge is 0.339 e. The lowest BCUT2D eigenvalue weighted by Crippen LogP contribution is -2.06. The van der Waals surface area contributed by atoms with Crippen molar-refractivity contribution in [3.63, 3.8) is 0 Å². The number of hydrogen-bond acceptors (Lipinski definition) is 6. The highest BCUT2D eigenvalue weighted by Gasteiger charge is 2.30. The third kappa shape index (κ3) is 4.78. The van der Waals surface area contributed by atoms with Crippen molar-refractivity contribution >= 4 is 28.9 Å². The second kappa shape index (κ2) is 7.40. The molecular formula is C18H14F3N5O. The number of aromatic nitrogens is 3. The van der Waals surface area contributed by atoms with Gasteiger partial charge in [-0.25, -0.2) is 0 Å². The average Bonchev–Trinajstić information content (AvgIpc) is 2.62. The summed E-state index contributed by atoms with van der Waals surface area (Å²) < 4.78 is 38.4. The molecule has 2 aromatic carbocycles. The van der Waals surface area contributed by atoms with Gasteiger partial charge in [0.25, 0.3) is 0 Å². The quantitative estimate of drug-likeness (QED) is 0.637. The number of carbonyl (C=O) groups is 1. The minimum Gasteiger partial charge on any atom is -0.339 e. The molecule has 6 nitrogen and oxygen atoms in total. The number of halogens is 3. The van der Waals surface area contributed by atoms with Gasteiger partial charge in [-0.1, -0.05) is 18.2 Å². The van der Waals surface area contributed by atoms with E-state index in [4.69, 9.17) is 0 Å². The van der Waals surface area contributed by atoms with Gasteiger partial charge in [0, 0.05) is 16.9 Å². The molecule has 0 saturated heterocycles. The van der Waals surface area contributed by atoms with Gasteiger partial charge in [-0.2, -0.15) is 23.3 Å². The third-order valence-electron chi connectivity index (χ3n) is 3.55. The van der Waals surface area contributed by atoms with E-state index in [1.54, 1.807) is 24.3 Å². The van der Waals surface area contributed by atoms with Gasteiger partial charge in [0.2, 0.25) is 5.95 Å². The molecule has 0 saturated carbocycles. The van der Waals surface area contributed by atoms with Gasteiger partial charge in [-0.05, 0) is 37.3 Å². The molecule has 0 radical (unpaired) electrons. The first-order chi connectivity index (χ1) is 12.8. The van der Waals surface area contributed by atoms with E-state index in [0.717, 1.165) is 12.1 Å². The van der Waals surface area contributed by atoms with E-state index in [9.17, 15) is 18.0 Å². The normalized spacial score (nSPS) is 11.1. The molecule has 0 spiro atoms. The SMILES string of the molecule is CC(=O)c1cccc(Nc2nncc(Nc3cccc(C(F)(F)F)c3)n2)c1. The fourth-order valence-electron chi connectivity index (χ4n) is 2.28. The average molecular weight is 373 g/mol. The van der Waals surface area contributed by atoms with Crippen molar-refractivity contribution in [1.29, 1.82) is 0 Å². The highest BCUT2D eigenvalue weighted by Crippen LogP contribution is 2.31. The Balaban J connectivity index is 1.78. The fraction of sp³-hybridized carbons (Fsp3) is 0.111. The summed E-state index contributed by atoms with van der Waals surface area (Å²) in [7, 11) is 0. The second-order valence-corrected chi connectivity index (χ2v) is 5.63. The molecule has 3 aromatic rings. The summed E-state index contributed by atoms with van der Waals surface area (Å²) in [5, 5.41) is 13.3. The van der Waals surface area contributed by atoms with E-state index in [1.165, 1.54) is 25.3 Å². The van der Waals surface area contributed by atoms with Crippen LogP contribution in [0.5, 0.6) is 0 Å². The number of hydrogen-bond donors (Lipinski definition) is 2. The van der Waals surface area contributed by atoms with Crippen LogP contribution in [0.25, 0.3) is 0 Å². The summed E-state index contributed by atoms with van der Waals surface area (Å²) in [5.74, 6) is 0.264. The molecule has 2 N–H and O–H groups in total. The summed E-state index contributed by atoms with van der Waals surface area (Å²) in [6.07, 6.45) is -3.15. The number of benzene rings is 2. The van der Waals surface area contributed by atoms with Gasteiger partial charge in [0.15, 0.2) is 11.6 Å². The Morgan fingerprint density at radius 1 is 1.00 bits per heavy atom. The molecule has 1 heterocycles. The predicted molar refractivity (Wildman–Crippen MR) is 94.3 cm³/mol. The topological polar surface area (TPSA) is 79.8 Å². The molecule has 0 amide bonds. The largest absolute Gasteiger partial charge is 0.416 e. The van der Waals surface area contributed by atoms with Crippen LogP contribution in [0, 0.1) is 0 Å². The highest BCUT2D eigenvalue weighted by molar-refractivity contribution is 5.95. The summed E-state index contributed by atoms with van der Waals surface area (Å²) in [5.41, 5.74) is 0.552. The van der Waals surface area contributed by atoms with Gasteiger partial charge in [-0.15, -0.1) is 5.10 Å². The highest BCUT2D eigenvalue weighted by atomic mass is 19.4. The number of ketones is 1. The molecule has 0 aliphatic carbocycles. The number of Topliss-reactive ketones (excluding diaryl/α,β-unsaturated/α-hetero) is 1. The van der Waals surface area contributed by atoms with Crippen LogP contribution in [-0.4, -0.2) is 21.0 Å². The summed E-state index contributed by atoms with van der Waals surface area (Å²) in [4.78, 5) is 15.6. The molecule has 0 unspecified atom stereocenters. The molecule has 138 valence electrons. The number of rotatable bonds is 5. The Hall–Kier alpha value is -3.49. The van der Waals surface area contributed by atoms with Crippen LogP contribution in [-0.2, 0) is 6.18 Å². The molecule has 0 fully saturated rings. The maximum Gasteiger partial charge on any atom is 0.416 e. The van der Waals surface area contributed by atoms with E-state index in [2.05, 4.69) is 25.8 Å². The molecule has 3 rings (SSSR count). The fourth-order valence-corrected chi connectivity index (χ4v) is 2.28. The first kappa shape index (κ1) is 18.3. The Morgan fingerprint density at radius 3 is 2.41 bits per heavy atom. The lowest BCUT2D eigenvalue weighted by Gasteiger charge is -2.11. The Kier molecular flexibility index (Phi) is 5.02. The zero-order chi connectivity index (χ0) is 19.4. The molecule has 0 aliphatic rings. The summed E-state index contributed by atoms with van der Waals surface area (Å²) >= 11 is 0. The maximum atomic E-state index is 12.8. The molecular weight excluding hydrogens is 359 g/mol. The molecule has 27 heavy (non-hydrogen) atoms. The molecule has 0 atom stereocenters. The molecule has 1 aromatic heterocycles. The molecule has 0 bridgehead atoms. The summed E-state index contributed by atoms with van der Waals surface area (Å²) in [6.45, 7) is 1.46. The van der Waals surface area contributed by atoms with Gasteiger partial charge < -0.3 is 10.6 Å². The second-order valence-electron chi connectivity index (χ2n) is 5.63. The van der Waals surface area contributed by atoms with Crippen molar-refractivity contribution in [2.24, 2.45) is 0 Å². The van der Waals surface area contributed by atoms with Crippen LogP contribution in [0.2, 0.25) is 0 Å². The van der Waals surface area contributed by atoms with Crippen molar-refractivity contribution in [1.82, 2.24) is 15.2 Å². The van der Waals surface area contributed by atoms with Gasteiger partial charge >= 0.3 is 6.18 Å². The van der Waals surface area contributed by atoms with Crippen LogP contribution in [0.1, 0.15) is 22.8 Å². The van der Waals surface area contributed by atoms with E-state index < -0.39 is 11.7 Å². The molecule has 0 aliphatic heterocycles. The summed E-state index contributed by atoms with van der Waals surface area (Å²) in [6, 6.07) is 11.5. The Bertz CT molecular complexity index is 975. The van der Waals surface area contributed by atoms with Gasteiger partial charge in [0.1, 0.15) is 0 Å². The zero-order valence-electron chi connectivity index (χ0n) is 14.1. The first-order valence-corrected chi connectivity index (χ1v) is 7.83. The monoisotopic (exact) mass is 373 g/mol. The number of alkyl halides is 3. The third-order valence-corrected chi connectivity index (χ3v) is 3.55. The minimum atomic E-state index is -4.43.